The summed E-state index contributed by atoms with van der Waals surface area (Å²) in [6.45, 7) is 1.88. The SMILES string of the molecule is CCCCCCCCCCCCCCCCCC(=O)NCC(=O)NCC(=O)N1CC(O)CC1C(=O)N[C@@H](CCCCN)C(=O)O. The fourth-order valence-corrected chi connectivity index (χ4v) is 5.62. The number of likely N-dealkylation sites (tertiary alicyclic amines) is 1. The van der Waals surface area contributed by atoms with E-state index in [0.29, 0.717) is 25.8 Å². The van der Waals surface area contributed by atoms with Gasteiger partial charge in [-0.2, -0.15) is 0 Å². The molecule has 12 nitrogen and oxygen atoms in total. The van der Waals surface area contributed by atoms with Gasteiger partial charge in [0.1, 0.15) is 12.1 Å². The number of unbranched alkanes of at least 4 members (excludes halogenated alkanes) is 15. The van der Waals surface area contributed by atoms with E-state index in [-0.39, 0.29) is 31.8 Å². The summed E-state index contributed by atoms with van der Waals surface area (Å²) in [7, 11) is 0. The molecule has 1 heterocycles. The number of β-amino-alcohol motifs (C(OH)–C–C–N with tert-alkyl or cyclic N) is 1. The van der Waals surface area contributed by atoms with Crippen LogP contribution < -0.4 is 21.7 Å². The first kappa shape index (κ1) is 40.3. The number of aliphatic carboxylic acids is 1. The quantitative estimate of drug-likeness (QED) is 0.0739. The summed E-state index contributed by atoms with van der Waals surface area (Å²) in [6, 6.07) is -2.17. The minimum Gasteiger partial charge on any atom is -0.480 e. The van der Waals surface area contributed by atoms with E-state index in [1.54, 1.807) is 0 Å². The van der Waals surface area contributed by atoms with Gasteiger partial charge < -0.3 is 36.8 Å². The summed E-state index contributed by atoms with van der Waals surface area (Å²) in [6.07, 6.45) is 19.4. The van der Waals surface area contributed by atoms with E-state index >= 15 is 0 Å². The normalized spacial score (nSPS) is 16.7. The van der Waals surface area contributed by atoms with Gasteiger partial charge in [0.25, 0.3) is 0 Å². The number of carbonyl (C=O) groups is 5. The average molecular weight is 640 g/mol. The first-order valence-electron chi connectivity index (χ1n) is 17.4. The minimum atomic E-state index is -1.19. The highest BCUT2D eigenvalue weighted by Gasteiger charge is 2.39. The van der Waals surface area contributed by atoms with Gasteiger partial charge in [-0.05, 0) is 32.2 Å². The number of nitrogens with zero attached hydrogens (tertiary/aromatic N) is 1. The van der Waals surface area contributed by atoms with Crippen molar-refractivity contribution in [1.82, 2.24) is 20.9 Å². The molecule has 0 saturated carbocycles. The molecule has 1 saturated heterocycles. The Morgan fingerprint density at radius 3 is 1.82 bits per heavy atom. The molecule has 0 aromatic heterocycles. The molecule has 1 fully saturated rings. The molecule has 0 aromatic rings. The Kier molecular flexibility index (Phi) is 22.8. The van der Waals surface area contributed by atoms with Gasteiger partial charge in [0.05, 0.1) is 19.2 Å². The lowest BCUT2D eigenvalue weighted by Gasteiger charge is -2.25. The Hall–Kier alpha value is -2.73. The van der Waals surface area contributed by atoms with E-state index in [1.165, 1.54) is 77.0 Å². The van der Waals surface area contributed by atoms with Crippen LogP contribution in [0.25, 0.3) is 0 Å². The molecular weight excluding hydrogens is 578 g/mol. The largest absolute Gasteiger partial charge is 0.480 e. The topological polar surface area (TPSA) is 191 Å². The van der Waals surface area contributed by atoms with Crippen molar-refractivity contribution >= 4 is 29.6 Å². The molecule has 2 unspecified atom stereocenters. The first-order chi connectivity index (χ1) is 21.7. The lowest BCUT2D eigenvalue weighted by Crippen LogP contribution is -2.52. The number of hydrogen-bond donors (Lipinski definition) is 6. The average Bonchev–Trinajstić information content (AvgIpc) is 3.42. The fourth-order valence-electron chi connectivity index (χ4n) is 5.62. The lowest BCUT2D eigenvalue weighted by atomic mass is 10.0. The highest BCUT2D eigenvalue weighted by molar-refractivity contribution is 5.93. The third-order valence-corrected chi connectivity index (χ3v) is 8.35. The Labute approximate surface area is 270 Å². The predicted molar refractivity (Wildman–Crippen MR) is 174 cm³/mol. The number of rotatable bonds is 27. The number of hydrogen-bond acceptors (Lipinski definition) is 7. The molecule has 0 aliphatic carbocycles. The van der Waals surface area contributed by atoms with Crippen molar-refractivity contribution in [1.29, 1.82) is 0 Å². The van der Waals surface area contributed by atoms with Gasteiger partial charge in [-0.25, -0.2) is 4.79 Å². The Morgan fingerprint density at radius 1 is 0.756 bits per heavy atom. The summed E-state index contributed by atoms with van der Waals surface area (Å²) in [5.74, 6) is -3.20. The van der Waals surface area contributed by atoms with Crippen LogP contribution in [0.3, 0.4) is 0 Å². The second-order valence-electron chi connectivity index (χ2n) is 12.4. The highest BCUT2D eigenvalue weighted by Crippen LogP contribution is 2.19. The van der Waals surface area contributed by atoms with Crippen molar-refractivity contribution in [2.24, 2.45) is 5.73 Å². The van der Waals surface area contributed by atoms with Crippen LogP contribution in [-0.2, 0) is 24.0 Å². The Morgan fingerprint density at radius 2 is 1.29 bits per heavy atom. The Balaban J connectivity index is 2.17. The smallest absolute Gasteiger partial charge is 0.326 e. The van der Waals surface area contributed by atoms with Gasteiger partial charge in [0, 0.05) is 19.4 Å². The number of carboxylic acids is 1. The van der Waals surface area contributed by atoms with Crippen molar-refractivity contribution < 1.29 is 34.2 Å². The van der Waals surface area contributed by atoms with Gasteiger partial charge in [0.15, 0.2) is 0 Å². The molecule has 3 atom stereocenters. The van der Waals surface area contributed by atoms with E-state index in [9.17, 15) is 34.2 Å². The van der Waals surface area contributed by atoms with Gasteiger partial charge >= 0.3 is 5.97 Å². The first-order valence-corrected chi connectivity index (χ1v) is 17.4. The van der Waals surface area contributed by atoms with Crippen LogP contribution in [-0.4, -0.2) is 89.1 Å². The standard InChI is InChI=1S/C33H61N5O7/c1-2-3-4-5-6-7-8-9-10-11-12-13-14-15-16-20-29(40)35-23-30(41)36-24-31(42)38-25-26(39)22-28(38)32(43)37-27(33(44)45)19-17-18-21-34/h26-28,39H,2-25,34H2,1H3,(H,35,40)(H,36,41)(H,37,43)(H,44,45)/t26?,27-,28?/m0/s1. The van der Waals surface area contributed by atoms with Gasteiger partial charge in [-0.1, -0.05) is 96.8 Å². The number of aliphatic hydroxyl groups is 1. The molecular formula is C33H61N5O7. The molecule has 1 aliphatic heterocycles. The van der Waals surface area contributed by atoms with Gasteiger partial charge in [-0.15, -0.1) is 0 Å². The number of nitrogens with two attached hydrogens (primary N) is 1. The zero-order valence-electron chi connectivity index (χ0n) is 27.7. The van der Waals surface area contributed by atoms with Crippen LogP contribution in [0.2, 0.25) is 0 Å². The van der Waals surface area contributed by atoms with Crippen LogP contribution in [0, 0.1) is 0 Å². The van der Waals surface area contributed by atoms with Crippen molar-refractivity contribution in [3.8, 4) is 0 Å². The maximum absolute atomic E-state index is 12.8. The number of aliphatic hydroxyl groups excluding tert-OH is 1. The fraction of sp³-hybridized carbons (Fsp3) is 0.848. The van der Waals surface area contributed by atoms with Crippen LogP contribution in [0.15, 0.2) is 0 Å². The molecule has 0 bridgehead atoms. The lowest BCUT2D eigenvalue weighted by molar-refractivity contribution is -0.144. The van der Waals surface area contributed by atoms with E-state index < -0.39 is 48.4 Å². The molecule has 0 radical (unpaired) electrons. The van der Waals surface area contributed by atoms with Crippen LogP contribution in [0.4, 0.5) is 0 Å². The van der Waals surface area contributed by atoms with Crippen molar-refractivity contribution in [3.63, 3.8) is 0 Å². The molecule has 260 valence electrons. The minimum absolute atomic E-state index is 0.0317. The second-order valence-corrected chi connectivity index (χ2v) is 12.4. The Bertz CT molecular complexity index is 872. The molecule has 1 aliphatic rings. The van der Waals surface area contributed by atoms with Crippen molar-refractivity contribution in [2.45, 2.75) is 154 Å². The van der Waals surface area contributed by atoms with Crippen molar-refractivity contribution in [2.75, 3.05) is 26.2 Å². The summed E-state index contributed by atoms with van der Waals surface area (Å²) in [5.41, 5.74) is 5.45. The highest BCUT2D eigenvalue weighted by atomic mass is 16.4. The second kappa shape index (κ2) is 25.5. The van der Waals surface area contributed by atoms with Crippen LogP contribution in [0.1, 0.15) is 135 Å². The molecule has 1 rings (SSSR count). The van der Waals surface area contributed by atoms with Crippen LogP contribution in [0.5, 0.6) is 0 Å². The van der Waals surface area contributed by atoms with Gasteiger partial charge in [0.2, 0.25) is 23.6 Å². The number of carboxylic acid groups (broad SMARTS) is 1. The van der Waals surface area contributed by atoms with Crippen LogP contribution >= 0.6 is 0 Å². The zero-order chi connectivity index (χ0) is 33.3. The molecule has 0 spiro atoms. The van der Waals surface area contributed by atoms with E-state index in [0.717, 1.165) is 24.2 Å². The third kappa shape index (κ3) is 19.4. The monoisotopic (exact) mass is 639 g/mol. The predicted octanol–water partition coefficient (Wildman–Crippen LogP) is 3.14. The number of nitrogens with one attached hydrogen (secondary N) is 3. The molecule has 4 amide bonds. The summed E-state index contributed by atoms with van der Waals surface area (Å²) < 4.78 is 0. The van der Waals surface area contributed by atoms with E-state index in [4.69, 9.17) is 5.73 Å². The summed E-state index contributed by atoms with van der Waals surface area (Å²) in [4.78, 5) is 62.5. The maximum atomic E-state index is 12.8. The molecule has 12 heteroatoms. The summed E-state index contributed by atoms with van der Waals surface area (Å²) >= 11 is 0. The zero-order valence-corrected chi connectivity index (χ0v) is 27.7. The van der Waals surface area contributed by atoms with Gasteiger partial charge in [-0.3, -0.25) is 19.2 Å². The summed E-state index contributed by atoms with van der Waals surface area (Å²) in [5, 5.41) is 27.0. The van der Waals surface area contributed by atoms with Crippen molar-refractivity contribution in [3.05, 3.63) is 0 Å². The molecule has 0 aromatic carbocycles. The number of carbonyl (C=O) groups excluding carboxylic acids is 4. The number of amides is 4. The maximum Gasteiger partial charge on any atom is 0.326 e. The molecule has 7 N–H and O–H groups in total. The van der Waals surface area contributed by atoms with E-state index in [2.05, 4.69) is 22.9 Å². The third-order valence-electron chi connectivity index (χ3n) is 8.35. The van der Waals surface area contributed by atoms with E-state index in [1.807, 2.05) is 0 Å². The molecule has 45 heavy (non-hydrogen) atoms.